The maximum atomic E-state index is 11.1. The number of ether oxygens (including phenoxy) is 1. The second-order valence-corrected chi connectivity index (χ2v) is 3.76. The molecule has 0 saturated heterocycles. The average Bonchev–Trinajstić information content (AvgIpc) is 2.13. The van der Waals surface area contributed by atoms with E-state index >= 15 is 0 Å². The van der Waals surface area contributed by atoms with Crippen LogP contribution >= 0.6 is 0 Å². The van der Waals surface area contributed by atoms with Crippen molar-refractivity contribution in [2.45, 2.75) is 33.7 Å². The van der Waals surface area contributed by atoms with Gasteiger partial charge in [0.15, 0.2) is 0 Å². The van der Waals surface area contributed by atoms with Gasteiger partial charge in [-0.3, -0.25) is 0 Å². The number of carbonyl (C=O) groups excluding carboxylic acids is 2. The first-order valence-electron chi connectivity index (χ1n) is 5.21. The van der Waals surface area contributed by atoms with E-state index in [9.17, 15) is 14.7 Å². The summed E-state index contributed by atoms with van der Waals surface area (Å²) >= 11 is 0. The molecule has 0 aromatic rings. The first-order chi connectivity index (χ1) is 7.38. The number of carbonyl (C=O) groups is 2. The van der Waals surface area contributed by atoms with Gasteiger partial charge < -0.3 is 20.0 Å². The molecular weight excluding hydrogens is 233 g/mol. The van der Waals surface area contributed by atoms with E-state index in [0.717, 1.165) is 0 Å². The van der Waals surface area contributed by atoms with Gasteiger partial charge in [-0.15, -0.1) is 0 Å². The Hall–Kier alpha value is -0.520. The Balaban J connectivity index is 0. The number of esters is 1. The summed E-state index contributed by atoms with van der Waals surface area (Å²) in [5.41, 5.74) is 0.446. The smallest absolute Gasteiger partial charge is 0.548 e. The summed E-state index contributed by atoms with van der Waals surface area (Å²) in [5.74, 6) is -1.81. The molecule has 0 aromatic heterocycles. The zero-order valence-electron chi connectivity index (χ0n) is 11.1. The molecule has 0 heterocycles. The zero-order chi connectivity index (χ0) is 12.7. The quantitative estimate of drug-likeness (QED) is 0.306. The van der Waals surface area contributed by atoms with Crippen LogP contribution in [0.3, 0.4) is 0 Å². The van der Waals surface area contributed by atoms with E-state index in [4.69, 9.17) is 4.74 Å². The van der Waals surface area contributed by atoms with E-state index < -0.39 is 18.0 Å². The minimum Gasteiger partial charge on any atom is -0.548 e. The number of carboxylic acid groups (broad SMARTS) is 1. The second kappa shape index (κ2) is 9.50. The summed E-state index contributed by atoms with van der Waals surface area (Å²) in [6, 6.07) is -0.814. The normalized spacial score (nSPS) is 12.6. The van der Waals surface area contributed by atoms with Crippen molar-refractivity contribution in [1.29, 1.82) is 0 Å². The van der Waals surface area contributed by atoms with Crippen molar-refractivity contribution >= 4 is 11.9 Å². The number of aliphatic carboxylic acids is 1. The zero-order valence-corrected chi connectivity index (χ0v) is 13.1. The van der Waals surface area contributed by atoms with Crippen LogP contribution in [0.5, 0.6) is 0 Å². The molecule has 0 amide bonds. The Morgan fingerprint density at radius 2 is 1.94 bits per heavy atom. The van der Waals surface area contributed by atoms with Crippen LogP contribution in [0.1, 0.15) is 27.7 Å². The minimum absolute atomic E-state index is 0. The van der Waals surface area contributed by atoms with Crippen molar-refractivity contribution < 1.29 is 49.0 Å². The molecule has 0 unspecified atom stereocenters. The predicted molar refractivity (Wildman–Crippen MR) is 57.2 cm³/mol. The number of nitrogens with one attached hydrogen (secondary N) is 1. The molecule has 1 N–H and O–H groups in total. The second-order valence-electron chi connectivity index (χ2n) is 3.76. The Kier molecular flexibility index (Phi) is 10.5. The number of hydrogen-bond donors (Lipinski definition) is 1. The molecule has 1 atom stereocenters. The van der Waals surface area contributed by atoms with Crippen molar-refractivity contribution in [2.75, 3.05) is 6.61 Å². The third kappa shape index (κ3) is 8.24. The molecule has 0 aromatic carbocycles. The van der Waals surface area contributed by atoms with Gasteiger partial charge in [-0.25, -0.2) is 4.79 Å². The molecule has 0 aliphatic heterocycles. The van der Waals surface area contributed by atoms with Gasteiger partial charge in [0.25, 0.3) is 0 Å². The number of hydrogen-bond acceptors (Lipinski definition) is 5. The number of carboxylic acids is 1. The summed E-state index contributed by atoms with van der Waals surface area (Å²) in [6.07, 6.45) is 1.22. The maximum absolute atomic E-state index is 11.1. The number of rotatable bonds is 6. The van der Waals surface area contributed by atoms with E-state index in [1.54, 1.807) is 27.7 Å². The fourth-order valence-electron chi connectivity index (χ4n) is 1.15. The van der Waals surface area contributed by atoms with Crippen LogP contribution in [-0.4, -0.2) is 24.6 Å². The van der Waals surface area contributed by atoms with Gasteiger partial charge in [-0.2, -0.15) is 0 Å². The first-order valence-corrected chi connectivity index (χ1v) is 5.21. The number of allylic oxidation sites excluding steroid dienone is 1. The van der Waals surface area contributed by atoms with Crippen LogP contribution in [0.2, 0.25) is 0 Å². The van der Waals surface area contributed by atoms with E-state index in [1.807, 2.05) is 0 Å². The van der Waals surface area contributed by atoms with Gasteiger partial charge in [-0.1, -0.05) is 13.8 Å². The third-order valence-electron chi connectivity index (χ3n) is 1.92. The van der Waals surface area contributed by atoms with Crippen LogP contribution in [-0.2, 0) is 14.3 Å². The summed E-state index contributed by atoms with van der Waals surface area (Å²) in [7, 11) is 0. The third-order valence-corrected chi connectivity index (χ3v) is 1.92. The monoisotopic (exact) mass is 251 g/mol. The van der Waals surface area contributed by atoms with E-state index in [1.165, 1.54) is 6.08 Å². The molecule has 17 heavy (non-hydrogen) atoms. The molecule has 0 rings (SSSR count). The summed E-state index contributed by atoms with van der Waals surface area (Å²) in [5, 5.41) is 13.5. The topological polar surface area (TPSA) is 78.5 Å². The average molecular weight is 251 g/mol. The van der Waals surface area contributed by atoms with Crippen LogP contribution in [0.4, 0.5) is 0 Å². The SMILES string of the molecule is CCOC(=O)C=C(C)N[C@H](C(=O)[O-])C(C)C.[Na+]. The van der Waals surface area contributed by atoms with Crippen molar-refractivity contribution in [3.05, 3.63) is 11.8 Å². The van der Waals surface area contributed by atoms with Crippen molar-refractivity contribution in [1.82, 2.24) is 5.32 Å². The fourth-order valence-corrected chi connectivity index (χ4v) is 1.15. The van der Waals surface area contributed by atoms with Gasteiger partial charge in [0.1, 0.15) is 0 Å². The molecule has 6 heteroatoms. The summed E-state index contributed by atoms with van der Waals surface area (Å²) in [4.78, 5) is 21.8. The van der Waals surface area contributed by atoms with Gasteiger partial charge in [0.05, 0.1) is 18.6 Å². The Morgan fingerprint density at radius 1 is 1.41 bits per heavy atom. The fraction of sp³-hybridized carbons (Fsp3) is 0.636. The van der Waals surface area contributed by atoms with Crippen LogP contribution in [0.15, 0.2) is 11.8 Å². The summed E-state index contributed by atoms with van der Waals surface area (Å²) < 4.78 is 4.70. The Labute approximate surface area is 124 Å². The molecule has 0 aliphatic carbocycles. The van der Waals surface area contributed by atoms with Crippen molar-refractivity contribution in [3.8, 4) is 0 Å². The maximum Gasteiger partial charge on any atom is 1.00 e. The molecular formula is C11H18NNaO4. The van der Waals surface area contributed by atoms with Gasteiger partial charge in [0, 0.05) is 11.8 Å². The Morgan fingerprint density at radius 3 is 2.29 bits per heavy atom. The van der Waals surface area contributed by atoms with Gasteiger partial charge >= 0.3 is 35.5 Å². The minimum atomic E-state index is -1.19. The van der Waals surface area contributed by atoms with Gasteiger partial charge in [-0.05, 0) is 19.8 Å². The van der Waals surface area contributed by atoms with Crippen LogP contribution < -0.4 is 40.0 Å². The van der Waals surface area contributed by atoms with E-state index in [2.05, 4.69) is 5.32 Å². The standard InChI is InChI=1S/C11H19NO4.Na/c1-5-16-9(13)6-8(4)12-10(7(2)3)11(14)15;/h6-7,10,12H,5H2,1-4H3,(H,14,15);/q;+1/p-1/t10-;/m0./s1. The van der Waals surface area contributed by atoms with Gasteiger partial charge in [0.2, 0.25) is 0 Å². The molecule has 5 nitrogen and oxygen atoms in total. The molecule has 0 spiro atoms. The van der Waals surface area contributed by atoms with Crippen molar-refractivity contribution in [3.63, 3.8) is 0 Å². The van der Waals surface area contributed by atoms with Crippen molar-refractivity contribution in [2.24, 2.45) is 5.92 Å². The molecule has 0 bridgehead atoms. The summed E-state index contributed by atoms with van der Waals surface area (Å²) in [6.45, 7) is 7.11. The molecule has 0 radical (unpaired) electrons. The largest absolute Gasteiger partial charge is 1.00 e. The molecule has 92 valence electrons. The van der Waals surface area contributed by atoms with Crippen LogP contribution in [0.25, 0.3) is 0 Å². The first kappa shape index (κ1) is 18.8. The molecule has 0 aliphatic rings. The predicted octanol–water partition coefficient (Wildman–Crippen LogP) is -3.18. The van der Waals surface area contributed by atoms with E-state index in [0.29, 0.717) is 5.70 Å². The Bertz CT molecular complexity index is 289. The van der Waals surface area contributed by atoms with E-state index in [-0.39, 0.29) is 42.1 Å². The molecule has 0 fully saturated rings. The van der Waals surface area contributed by atoms with Crippen LogP contribution in [0, 0.1) is 5.92 Å². The molecule has 0 saturated carbocycles.